The van der Waals surface area contributed by atoms with Gasteiger partial charge in [-0.05, 0) is 50.9 Å². The summed E-state index contributed by atoms with van der Waals surface area (Å²) in [4.78, 5) is 0. The van der Waals surface area contributed by atoms with Crippen LogP contribution in [0, 0.1) is 5.92 Å². The summed E-state index contributed by atoms with van der Waals surface area (Å²) in [5.41, 5.74) is 1.11. The Kier molecular flexibility index (Phi) is 5.74. The lowest BCUT2D eigenvalue weighted by Gasteiger charge is -2.38. The molecule has 1 aromatic carbocycles. The number of hydrogen-bond donors (Lipinski definition) is 1. The van der Waals surface area contributed by atoms with Gasteiger partial charge in [-0.3, -0.25) is 0 Å². The van der Waals surface area contributed by atoms with Crippen LogP contribution in [0.3, 0.4) is 0 Å². The molecule has 0 spiro atoms. The minimum absolute atomic E-state index is 0.128. The lowest BCUT2D eigenvalue weighted by atomic mass is 9.89. The van der Waals surface area contributed by atoms with Crippen molar-refractivity contribution < 1.29 is 9.47 Å². The van der Waals surface area contributed by atoms with Gasteiger partial charge in [0.15, 0.2) is 0 Å². The molecule has 1 aliphatic heterocycles. The molecule has 0 aromatic heterocycles. The molecule has 1 aliphatic rings. The van der Waals surface area contributed by atoms with Gasteiger partial charge >= 0.3 is 0 Å². The van der Waals surface area contributed by atoms with Gasteiger partial charge in [-0.15, -0.1) is 0 Å². The Hall–Kier alpha value is -1.22. The molecule has 1 aromatic rings. The van der Waals surface area contributed by atoms with Gasteiger partial charge in [-0.25, -0.2) is 0 Å². The van der Waals surface area contributed by atoms with Gasteiger partial charge in [0, 0.05) is 18.0 Å². The summed E-state index contributed by atoms with van der Waals surface area (Å²) in [5, 5.41) is 3.69. The molecular formula is C19H31NO2. The first-order valence-corrected chi connectivity index (χ1v) is 8.60. The average Bonchev–Trinajstić information content (AvgIpc) is 2.44. The van der Waals surface area contributed by atoms with E-state index in [1.54, 1.807) is 0 Å². The van der Waals surface area contributed by atoms with Crippen molar-refractivity contribution >= 4 is 0 Å². The molecule has 124 valence electrons. The molecule has 0 fully saturated rings. The van der Waals surface area contributed by atoms with Crippen LogP contribution in [0.5, 0.6) is 11.5 Å². The number of rotatable bonds is 7. The van der Waals surface area contributed by atoms with Gasteiger partial charge in [0.2, 0.25) is 0 Å². The van der Waals surface area contributed by atoms with Crippen molar-refractivity contribution in [1.29, 1.82) is 0 Å². The van der Waals surface area contributed by atoms with E-state index in [2.05, 4.69) is 52.1 Å². The molecular weight excluding hydrogens is 274 g/mol. The number of fused-ring (bicyclic) bond motifs is 1. The summed E-state index contributed by atoms with van der Waals surface area (Å²) in [6, 6.07) is 6.57. The maximum Gasteiger partial charge on any atom is 0.125 e. The molecule has 1 heterocycles. The second kappa shape index (κ2) is 7.36. The van der Waals surface area contributed by atoms with Crippen molar-refractivity contribution in [3.8, 4) is 11.5 Å². The Labute approximate surface area is 135 Å². The monoisotopic (exact) mass is 305 g/mol. The lowest BCUT2D eigenvalue weighted by Crippen LogP contribution is -2.39. The van der Waals surface area contributed by atoms with Crippen LogP contribution in [0.2, 0.25) is 0 Å². The summed E-state index contributed by atoms with van der Waals surface area (Å²) in [5.74, 6) is 2.46. The van der Waals surface area contributed by atoms with E-state index in [0.29, 0.717) is 12.0 Å². The molecule has 0 radical (unpaired) electrons. The zero-order valence-corrected chi connectivity index (χ0v) is 14.7. The van der Waals surface area contributed by atoms with E-state index in [4.69, 9.17) is 9.47 Å². The van der Waals surface area contributed by atoms with Crippen LogP contribution in [0.15, 0.2) is 18.2 Å². The third kappa shape index (κ3) is 4.64. The topological polar surface area (TPSA) is 30.5 Å². The predicted octanol–water partition coefficient (Wildman–Crippen LogP) is 4.71. The molecule has 3 nitrogen and oxygen atoms in total. The van der Waals surface area contributed by atoms with Gasteiger partial charge in [0.25, 0.3) is 0 Å². The van der Waals surface area contributed by atoms with Crippen LogP contribution in [0.25, 0.3) is 0 Å². The number of ether oxygens (including phenoxy) is 2. The van der Waals surface area contributed by atoms with E-state index in [-0.39, 0.29) is 5.60 Å². The van der Waals surface area contributed by atoms with E-state index in [1.165, 1.54) is 18.4 Å². The normalized spacial score (nSPS) is 19.6. The molecule has 0 aliphatic carbocycles. The van der Waals surface area contributed by atoms with Gasteiger partial charge in [-0.1, -0.05) is 27.2 Å². The van der Waals surface area contributed by atoms with Crippen LogP contribution < -0.4 is 14.8 Å². The summed E-state index contributed by atoms with van der Waals surface area (Å²) in [6.07, 6.45) is 3.40. The fourth-order valence-electron chi connectivity index (χ4n) is 2.82. The van der Waals surface area contributed by atoms with Crippen LogP contribution in [0.1, 0.15) is 65.5 Å². The zero-order chi connectivity index (χ0) is 16.2. The highest BCUT2D eigenvalue weighted by Gasteiger charge is 2.33. The highest BCUT2D eigenvalue weighted by atomic mass is 16.5. The summed E-state index contributed by atoms with van der Waals surface area (Å²) < 4.78 is 12.0. The molecule has 0 saturated carbocycles. The van der Waals surface area contributed by atoms with Gasteiger partial charge in [-0.2, -0.15) is 0 Å². The van der Waals surface area contributed by atoms with Crippen LogP contribution in [-0.2, 0) is 0 Å². The molecule has 0 amide bonds. The van der Waals surface area contributed by atoms with Crippen molar-refractivity contribution in [3.63, 3.8) is 0 Å². The first-order valence-electron chi connectivity index (χ1n) is 8.60. The minimum atomic E-state index is -0.128. The summed E-state index contributed by atoms with van der Waals surface area (Å²) in [6.45, 7) is 12.7. The first-order chi connectivity index (χ1) is 10.4. The second-order valence-corrected chi connectivity index (χ2v) is 7.33. The molecule has 3 heteroatoms. The maximum absolute atomic E-state index is 6.14. The quantitative estimate of drug-likeness (QED) is 0.740. The van der Waals surface area contributed by atoms with Crippen molar-refractivity contribution in [2.75, 3.05) is 13.2 Å². The third-order valence-electron chi connectivity index (χ3n) is 3.94. The Morgan fingerprint density at radius 1 is 1.36 bits per heavy atom. The van der Waals surface area contributed by atoms with Crippen LogP contribution >= 0.6 is 0 Å². The van der Waals surface area contributed by atoms with Gasteiger partial charge in [0.05, 0.1) is 6.61 Å². The Balaban J connectivity index is 2.17. The smallest absolute Gasteiger partial charge is 0.125 e. The van der Waals surface area contributed by atoms with Gasteiger partial charge in [0.1, 0.15) is 17.1 Å². The molecule has 1 N–H and O–H groups in total. The Morgan fingerprint density at radius 3 is 2.82 bits per heavy atom. The minimum Gasteiger partial charge on any atom is -0.493 e. The maximum atomic E-state index is 6.14. The highest BCUT2D eigenvalue weighted by Crippen LogP contribution is 2.41. The van der Waals surface area contributed by atoms with Crippen molar-refractivity contribution in [2.45, 2.75) is 65.5 Å². The molecule has 1 atom stereocenters. The standard InChI is InChI=1S/C19H31NO2/c1-6-7-10-20-17-12-19(4,5)22-18-9-8-15(11-16(17)18)21-13-14(2)3/h8-9,11,14,17,20H,6-7,10,12-13H2,1-5H3. The van der Waals surface area contributed by atoms with E-state index in [9.17, 15) is 0 Å². The number of unbranched alkanes of at least 4 members (excludes halogenated alkanes) is 1. The lowest BCUT2D eigenvalue weighted by molar-refractivity contribution is 0.0658. The predicted molar refractivity (Wildman–Crippen MR) is 91.8 cm³/mol. The van der Waals surface area contributed by atoms with E-state index >= 15 is 0 Å². The van der Waals surface area contributed by atoms with E-state index < -0.39 is 0 Å². The van der Waals surface area contributed by atoms with Crippen LogP contribution in [0.4, 0.5) is 0 Å². The fourth-order valence-corrected chi connectivity index (χ4v) is 2.82. The van der Waals surface area contributed by atoms with Crippen molar-refractivity contribution in [2.24, 2.45) is 5.92 Å². The summed E-state index contributed by atoms with van der Waals surface area (Å²) in [7, 11) is 0. The van der Waals surface area contributed by atoms with Gasteiger partial charge < -0.3 is 14.8 Å². The number of benzene rings is 1. The Bertz CT molecular complexity index is 482. The van der Waals surface area contributed by atoms with E-state index in [1.807, 2.05) is 6.07 Å². The van der Waals surface area contributed by atoms with E-state index in [0.717, 1.165) is 31.1 Å². The summed E-state index contributed by atoms with van der Waals surface area (Å²) >= 11 is 0. The largest absolute Gasteiger partial charge is 0.493 e. The molecule has 0 saturated heterocycles. The molecule has 22 heavy (non-hydrogen) atoms. The first kappa shape index (κ1) is 17.1. The fraction of sp³-hybridized carbons (Fsp3) is 0.684. The Morgan fingerprint density at radius 2 is 2.14 bits per heavy atom. The highest BCUT2D eigenvalue weighted by molar-refractivity contribution is 5.44. The molecule has 1 unspecified atom stereocenters. The second-order valence-electron chi connectivity index (χ2n) is 7.33. The molecule has 2 rings (SSSR count). The molecule has 0 bridgehead atoms. The van der Waals surface area contributed by atoms with Crippen LogP contribution in [-0.4, -0.2) is 18.8 Å². The van der Waals surface area contributed by atoms with Crippen molar-refractivity contribution in [1.82, 2.24) is 5.32 Å². The third-order valence-corrected chi connectivity index (χ3v) is 3.94. The van der Waals surface area contributed by atoms with Crippen molar-refractivity contribution in [3.05, 3.63) is 23.8 Å². The number of nitrogens with one attached hydrogen (secondary N) is 1. The zero-order valence-electron chi connectivity index (χ0n) is 14.7. The average molecular weight is 305 g/mol. The SMILES string of the molecule is CCCCNC1CC(C)(C)Oc2ccc(OCC(C)C)cc21. The number of hydrogen-bond acceptors (Lipinski definition) is 3.